The van der Waals surface area contributed by atoms with Gasteiger partial charge in [0, 0.05) is 25.8 Å². The highest BCUT2D eigenvalue weighted by Gasteiger charge is 2.21. The van der Waals surface area contributed by atoms with Gasteiger partial charge in [0.1, 0.15) is 5.15 Å². The Balaban J connectivity index is 1.96. The Kier molecular flexibility index (Phi) is 3.79. The summed E-state index contributed by atoms with van der Waals surface area (Å²) in [5.41, 5.74) is 1.20. The first-order valence-corrected chi connectivity index (χ1v) is 5.99. The van der Waals surface area contributed by atoms with Crippen molar-refractivity contribution < 1.29 is 4.74 Å². The molecule has 0 bridgehead atoms. The second kappa shape index (κ2) is 5.13. The van der Waals surface area contributed by atoms with Crippen LogP contribution in [0.15, 0.2) is 18.3 Å². The third-order valence-corrected chi connectivity index (χ3v) is 2.91. The molecular weight excluding hydrogens is 224 g/mol. The molecule has 88 valence electrons. The molecule has 2 rings (SSSR count). The molecule has 3 nitrogen and oxygen atoms in total. The molecule has 1 saturated heterocycles. The van der Waals surface area contributed by atoms with Gasteiger partial charge in [0.05, 0.1) is 12.2 Å². The minimum absolute atomic E-state index is 0.309. The van der Waals surface area contributed by atoms with Gasteiger partial charge in [0.25, 0.3) is 0 Å². The molecule has 1 aromatic heterocycles. The summed E-state index contributed by atoms with van der Waals surface area (Å²) >= 11 is 5.76. The normalized spacial score (nSPS) is 26.9. The molecule has 16 heavy (non-hydrogen) atoms. The Morgan fingerprint density at radius 2 is 2.06 bits per heavy atom. The van der Waals surface area contributed by atoms with Gasteiger partial charge in [-0.3, -0.25) is 4.90 Å². The molecule has 0 aromatic carbocycles. The predicted octanol–water partition coefficient (Wildman–Crippen LogP) is 2.34. The van der Waals surface area contributed by atoms with Gasteiger partial charge in [-0.05, 0) is 25.5 Å². The number of hydrogen-bond donors (Lipinski definition) is 0. The molecule has 1 aliphatic heterocycles. The van der Waals surface area contributed by atoms with E-state index >= 15 is 0 Å². The van der Waals surface area contributed by atoms with Crippen LogP contribution in [0.3, 0.4) is 0 Å². The van der Waals surface area contributed by atoms with Crippen LogP contribution >= 0.6 is 11.6 Å². The van der Waals surface area contributed by atoms with Crippen LogP contribution in [-0.4, -0.2) is 35.2 Å². The van der Waals surface area contributed by atoms with E-state index < -0.39 is 0 Å². The van der Waals surface area contributed by atoms with Crippen LogP contribution in [-0.2, 0) is 11.3 Å². The molecular formula is C12H17ClN2O. The first-order valence-electron chi connectivity index (χ1n) is 5.61. The number of aromatic nitrogens is 1. The minimum atomic E-state index is 0.309. The monoisotopic (exact) mass is 240 g/mol. The van der Waals surface area contributed by atoms with Crippen LogP contribution in [0.2, 0.25) is 5.15 Å². The quantitative estimate of drug-likeness (QED) is 0.742. The highest BCUT2D eigenvalue weighted by Crippen LogP contribution is 2.14. The summed E-state index contributed by atoms with van der Waals surface area (Å²) in [5.74, 6) is 0. The lowest BCUT2D eigenvalue weighted by atomic mass is 10.2. The number of rotatable bonds is 2. The van der Waals surface area contributed by atoms with E-state index in [4.69, 9.17) is 16.3 Å². The second-order valence-corrected chi connectivity index (χ2v) is 4.83. The maximum atomic E-state index is 5.76. The largest absolute Gasteiger partial charge is 0.373 e. The average Bonchev–Trinajstić information content (AvgIpc) is 2.20. The van der Waals surface area contributed by atoms with Crippen LogP contribution in [0.5, 0.6) is 0 Å². The van der Waals surface area contributed by atoms with Crippen LogP contribution in [0, 0.1) is 0 Å². The second-order valence-electron chi connectivity index (χ2n) is 4.44. The number of halogens is 1. The highest BCUT2D eigenvalue weighted by atomic mass is 35.5. The Labute approximate surface area is 101 Å². The molecule has 1 aromatic rings. The number of ether oxygens (including phenoxy) is 1. The van der Waals surface area contributed by atoms with Gasteiger partial charge in [-0.25, -0.2) is 4.98 Å². The lowest BCUT2D eigenvalue weighted by Gasteiger charge is -2.35. The fraction of sp³-hybridized carbons (Fsp3) is 0.583. The zero-order valence-corrected chi connectivity index (χ0v) is 10.4. The Morgan fingerprint density at radius 3 is 2.62 bits per heavy atom. The van der Waals surface area contributed by atoms with Crippen LogP contribution in [0.4, 0.5) is 0 Å². The maximum absolute atomic E-state index is 5.76. The fourth-order valence-corrected chi connectivity index (χ4v) is 2.28. The minimum Gasteiger partial charge on any atom is -0.373 e. The van der Waals surface area contributed by atoms with E-state index in [0.29, 0.717) is 17.4 Å². The molecule has 0 N–H and O–H groups in total. The Morgan fingerprint density at radius 1 is 1.38 bits per heavy atom. The van der Waals surface area contributed by atoms with Crippen molar-refractivity contribution >= 4 is 11.6 Å². The number of morpholine rings is 1. The van der Waals surface area contributed by atoms with Crippen molar-refractivity contribution in [2.45, 2.75) is 32.6 Å². The van der Waals surface area contributed by atoms with Crippen molar-refractivity contribution in [2.75, 3.05) is 13.1 Å². The third kappa shape index (κ3) is 3.17. The molecule has 2 heterocycles. The Bertz CT molecular complexity index is 331. The van der Waals surface area contributed by atoms with E-state index in [-0.39, 0.29) is 0 Å². The summed E-state index contributed by atoms with van der Waals surface area (Å²) in [4.78, 5) is 6.48. The molecule has 0 amide bonds. The predicted molar refractivity (Wildman–Crippen MR) is 64.5 cm³/mol. The van der Waals surface area contributed by atoms with E-state index in [1.165, 1.54) is 5.56 Å². The molecule has 0 spiro atoms. The van der Waals surface area contributed by atoms with Crippen molar-refractivity contribution in [2.24, 2.45) is 0 Å². The molecule has 2 atom stereocenters. The van der Waals surface area contributed by atoms with Gasteiger partial charge in [0.15, 0.2) is 0 Å². The average molecular weight is 241 g/mol. The van der Waals surface area contributed by atoms with E-state index in [9.17, 15) is 0 Å². The first-order chi connectivity index (χ1) is 7.63. The van der Waals surface area contributed by atoms with E-state index in [2.05, 4.69) is 23.7 Å². The topological polar surface area (TPSA) is 25.4 Å². The SMILES string of the molecule is C[C@H]1CN(Cc2ccc(Cl)nc2)C[C@H](C)O1. The zero-order chi connectivity index (χ0) is 11.5. The summed E-state index contributed by atoms with van der Waals surface area (Å²) in [6.45, 7) is 7.10. The molecule has 0 aliphatic carbocycles. The molecule has 4 heteroatoms. The van der Waals surface area contributed by atoms with E-state index in [0.717, 1.165) is 19.6 Å². The summed E-state index contributed by atoms with van der Waals surface area (Å²) < 4.78 is 5.69. The first kappa shape index (κ1) is 11.8. The van der Waals surface area contributed by atoms with Gasteiger partial charge in [-0.15, -0.1) is 0 Å². The van der Waals surface area contributed by atoms with Crippen molar-refractivity contribution in [3.63, 3.8) is 0 Å². The van der Waals surface area contributed by atoms with E-state index in [1.54, 1.807) is 0 Å². The van der Waals surface area contributed by atoms with Gasteiger partial charge in [0.2, 0.25) is 0 Å². The van der Waals surface area contributed by atoms with Crippen molar-refractivity contribution in [1.29, 1.82) is 0 Å². The maximum Gasteiger partial charge on any atom is 0.129 e. The van der Waals surface area contributed by atoms with Gasteiger partial charge in [-0.2, -0.15) is 0 Å². The van der Waals surface area contributed by atoms with Crippen molar-refractivity contribution in [3.8, 4) is 0 Å². The van der Waals surface area contributed by atoms with Crippen molar-refractivity contribution in [3.05, 3.63) is 29.0 Å². The Hall–Kier alpha value is -0.640. The fourth-order valence-electron chi connectivity index (χ4n) is 2.17. The summed E-state index contributed by atoms with van der Waals surface area (Å²) in [6, 6.07) is 3.87. The molecule has 1 fully saturated rings. The van der Waals surface area contributed by atoms with Crippen LogP contribution < -0.4 is 0 Å². The smallest absolute Gasteiger partial charge is 0.129 e. The van der Waals surface area contributed by atoms with Crippen LogP contribution in [0.1, 0.15) is 19.4 Å². The van der Waals surface area contributed by atoms with E-state index in [1.807, 2.05) is 18.3 Å². The highest BCUT2D eigenvalue weighted by molar-refractivity contribution is 6.29. The third-order valence-electron chi connectivity index (χ3n) is 2.69. The molecule has 0 radical (unpaired) electrons. The summed E-state index contributed by atoms with van der Waals surface area (Å²) in [6.07, 6.45) is 2.46. The molecule has 1 aliphatic rings. The lowest BCUT2D eigenvalue weighted by Crippen LogP contribution is -2.44. The molecule has 0 saturated carbocycles. The lowest BCUT2D eigenvalue weighted by molar-refractivity contribution is -0.0705. The van der Waals surface area contributed by atoms with Gasteiger partial charge < -0.3 is 4.74 Å². The van der Waals surface area contributed by atoms with Crippen LogP contribution in [0.25, 0.3) is 0 Å². The standard InChI is InChI=1S/C12H17ClN2O/c1-9-6-15(7-10(2)16-9)8-11-3-4-12(13)14-5-11/h3-5,9-10H,6-8H2,1-2H3/t9-,10-/m0/s1. The van der Waals surface area contributed by atoms with Crippen molar-refractivity contribution in [1.82, 2.24) is 9.88 Å². The van der Waals surface area contributed by atoms with Gasteiger partial charge >= 0.3 is 0 Å². The summed E-state index contributed by atoms with van der Waals surface area (Å²) in [7, 11) is 0. The number of nitrogens with zero attached hydrogens (tertiary/aromatic N) is 2. The number of hydrogen-bond acceptors (Lipinski definition) is 3. The molecule has 0 unspecified atom stereocenters. The van der Waals surface area contributed by atoms with Gasteiger partial charge in [-0.1, -0.05) is 17.7 Å². The number of pyridine rings is 1. The summed E-state index contributed by atoms with van der Waals surface area (Å²) in [5, 5.41) is 0.549. The zero-order valence-electron chi connectivity index (χ0n) is 9.69.